The fraction of sp³-hybridized carbons (Fsp3) is 0.375. The van der Waals surface area contributed by atoms with E-state index in [0.29, 0.717) is 5.56 Å². The normalized spacial score (nSPS) is 22.0. The van der Waals surface area contributed by atoms with Crippen LogP contribution in [0.4, 0.5) is 0 Å². The highest BCUT2D eigenvalue weighted by atomic mass is 16.5. The Morgan fingerprint density at radius 2 is 1.86 bits per heavy atom. The summed E-state index contributed by atoms with van der Waals surface area (Å²) in [5, 5.41) is 10.3. The summed E-state index contributed by atoms with van der Waals surface area (Å²) in [7, 11) is 1.75. The summed E-state index contributed by atoms with van der Waals surface area (Å²) < 4.78 is 12.3. The molecule has 1 fully saturated rings. The molecule has 1 aromatic heterocycles. The van der Waals surface area contributed by atoms with Gasteiger partial charge in [0.05, 0.1) is 17.2 Å². The predicted molar refractivity (Wildman–Crippen MR) is 113 cm³/mol. The van der Waals surface area contributed by atoms with E-state index in [1.165, 1.54) is 5.56 Å². The zero-order chi connectivity index (χ0) is 20.5. The van der Waals surface area contributed by atoms with Crippen LogP contribution in [-0.2, 0) is 4.74 Å². The van der Waals surface area contributed by atoms with Crippen molar-refractivity contribution in [3.05, 3.63) is 64.8 Å². The molecule has 29 heavy (non-hydrogen) atoms. The Kier molecular flexibility index (Phi) is 5.33. The van der Waals surface area contributed by atoms with Gasteiger partial charge in [-0.15, -0.1) is 0 Å². The number of aromatic carboxylic acids is 1. The molecule has 0 saturated heterocycles. The third-order valence-electron chi connectivity index (χ3n) is 6.10. The number of carbonyl (C=O) groups is 1. The molecule has 1 aliphatic carbocycles. The van der Waals surface area contributed by atoms with Crippen molar-refractivity contribution in [2.75, 3.05) is 7.11 Å². The van der Waals surface area contributed by atoms with Crippen molar-refractivity contribution in [3.63, 3.8) is 0 Å². The highest BCUT2D eigenvalue weighted by Gasteiger charge is 2.34. The predicted octanol–water partition coefficient (Wildman–Crippen LogP) is 5.21. The molecule has 3 atom stereocenters. The lowest BCUT2D eigenvalue weighted by Gasteiger charge is -2.36. The zero-order valence-electron chi connectivity index (χ0n) is 17.1. The van der Waals surface area contributed by atoms with Crippen LogP contribution in [0.25, 0.3) is 10.9 Å². The number of benzene rings is 2. The molecule has 0 unspecified atom stereocenters. The third-order valence-corrected chi connectivity index (χ3v) is 6.10. The fourth-order valence-corrected chi connectivity index (χ4v) is 4.55. The van der Waals surface area contributed by atoms with Gasteiger partial charge in [-0.2, -0.15) is 0 Å². The molecule has 1 aliphatic rings. The smallest absolute Gasteiger partial charge is 0.335 e. The first-order valence-corrected chi connectivity index (χ1v) is 10.1. The fourth-order valence-electron chi connectivity index (χ4n) is 4.55. The van der Waals surface area contributed by atoms with Crippen LogP contribution in [0.3, 0.4) is 0 Å². The molecule has 2 N–H and O–H groups in total. The first-order valence-electron chi connectivity index (χ1n) is 10.1. The van der Waals surface area contributed by atoms with Crippen LogP contribution in [0.5, 0.6) is 5.75 Å². The topological polar surface area (TPSA) is 71.5 Å². The third kappa shape index (κ3) is 3.75. The van der Waals surface area contributed by atoms with Crippen molar-refractivity contribution in [1.82, 2.24) is 4.98 Å². The van der Waals surface area contributed by atoms with Gasteiger partial charge in [-0.05, 0) is 68.0 Å². The second-order valence-electron chi connectivity index (χ2n) is 7.97. The molecule has 1 saturated carbocycles. The molecule has 0 spiro atoms. The van der Waals surface area contributed by atoms with Crippen LogP contribution in [0.1, 0.15) is 52.2 Å². The van der Waals surface area contributed by atoms with E-state index < -0.39 is 5.97 Å². The van der Waals surface area contributed by atoms with Crippen LogP contribution >= 0.6 is 0 Å². The lowest BCUT2D eigenvalue weighted by molar-refractivity contribution is 0.0193. The summed E-state index contributed by atoms with van der Waals surface area (Å²) in [6.45, 7) is 4.19. The molecule has 152 valence electrons. The highest BCUT2D eigenvalue weighted by Crippen LogP contribution is 2.40. The van der Waals surface area contributed by atoms with E-state index in [1.807, 2.05) is 18.3 Å². The average molecular weight is 393 g/mol. The first-order chi connectivity index (χ1) is 14.0. The minimum atomic E-state index is -0.909. The molecule has 5 nitrogen and oxygen atoms in total. The van der Waals surface area contributed by atoms with Crippen molar-refractivity contribution in [2.45, 2.75) is 51.2 Å². The lowest BCUT2D eigenvalue weighted by atomic mass is 9.79. The molecule has 5 heteroatoms. The molecule has 0 radical (unpaired) electrons. The maximum Gasteiger partial charge on any atom is 0.335 e. The van der Waals surface area contributed by atoms with Crippen LogP contribution < -0.4 is 4.74 Å². The molecule has 0 aliphatic heterocycles. The SMILES string of the molecule is CO[C@@H]1CC[C@H](Oc2c(C)cc(C)c3[nH]ccc23)[C@H](c2ccc(C(=O)O)cc2)C1. The van der Waals surface area contributed by atoms with Gasteiger partial charge < -0.3 is 19.6 Å². The molecular formula is C24H27NO4. The molecule has 2 aromatic carbocycles. The number of H-pyrrole nitrogens is 1. The monoisotopic (exact) mass is 393 g/mol. The number of nitrogens with one attached hydrogen (secondary N) is 1. The van der Waals surface area contributed by atoms with E-state index in [2.05, 4.69) is 31.0 Å². The maximum atomic E-state index is 11.2. The zero-order valence-corrected chi connectivity index (χ0v) is 17.1. The van der Waals surface area contributed by atoms with Gasteiger partial charge in [0.1, 0.15) is 11.9 Å². The minimum Gasteiger partial charge on any atom is -0.489 e. The number of fused-ring (bicyclic) bond motifs is 1. The summed E-state index contributed by atoms with van der Waals surface area (Å²) >= 11 is 0. The number of methoxy groups -OCH3 is 1. The Morgan fingerprint density at radius 1 is 1.10 bits per heavy atom. The molecule has 0 amide bonds. The van der Waals surface area contributed by atoms with Crippen LogP contribution in [-0.4, -0.2) is 35.4 Å². The number of aromatic nitrogens is 1. The van der Waals surface area contributed by atoms with Crippen LogP contribution in [0.15, 0.2) is 42.6 Å². The van der Waals surface area contributed by atoms with E-state index in [0.717, 1.165) is 47.0 Å². The van der Waals surface area contributed by atoms with Gasteiger partial charge in [0, 0.05) is 24.6 Å². The van der Waals surface area contributed by atoms with Gasteiger partial charge in [0.15, 0.2) is 0 Å². The molecule has 4 rings (SSSR count). The van der Waals surface area contributed by atoms with E-state index in [-0.39, 0.29) is 18.1 Å². The Balaban J connectivity index is 1.68. The largest absolute Gasteiger partial charge is 0.489 e. The summed E-state index contributed by atoms with van der Waals surface area (Å²) in [4.78, 5) is 14.5. The van der Waals surface area contributed by atoms with Crippen LogP contribution in [0, 0.1) is 13.8 Å². The number of hydrogen-bond acceptors (Lipinski definition) is 3. The number of ether oxygens (including phenoxy) is 2. The summed E-state index contributed by atoms with van der Waals surface area (Å²) in [6, 6.07) is 11.4. The number of hydrogen-bond donors (Lipinski definition) is 2. The van der Waals surface area contributed by atoms with Crippen molar-refractivity contribution >= 4 is 16.9 Å². The van der Waals surface area contributed by atoms with E-state index >= 15 is 0 Å². The van der Waals surface area contributed by atoms with E-state index in [1.54, 1.807) is 19.2 Å². The number of carboxylic acids is 1. The van der Waals surface area contributed by atoms with Gasteiger partial charge in [0.2, 0.25) is 0 Å². The first kappa shape index (κ1) is 19.5. The van der Waals surface area contributed by atoms with Crippen molar-refractivity contribution < 1.29 is 19.4 Å². The van der Waals surface area contributed by atoms with Crippen molar-refractivity contribution in [1.29, 1.82) is 0 Å². The Hall–Kier alpha value is -2.79. The minimum absolute atomic E-state index is 0.0107. The Labute approximate surface area is 170 Å². The Morgan fingerprint density at radius 3 is 2.55 bits per heavy atom. The number of carboxylic acid groups (broad SMARTS) is 1. The van der Waals surface area contributed by atoms with E-state index in [9.17, 15) is 9.90 Å². The average Bonchev–Trinajstić information content (AvgIpc) is 3.21. The molecule has 1 heterocycles. The quantitative estimate of drug-likeness (QED) is 0.624. The Bertz CT molecular complexity index is 1020. The second kappa shape index (κ2) is 7.91. The molecular weight excluding hydrogens is 366 g/mol. The van der Waals surface area contributed by atoms with Gasteiger partial charge in [-0.1, -0.05) is 18.2 Å². The van der Waals surface area contributed by atoms with Crippen molar-refractivity contribution in [2.24, 2.45) is 0 Å². The van der Waals surface area contributed by atoms with Gasteiger partial charge in [0.25, 0.3) is 0 Å². The lowest BCUT2D eigenvalue weighted by Crippen LogP contribution is -2.35. The van der Waals surface area contributed by atoms with E-state index in [4.69, 9.17) is 9.47 Å². The second-order valence-corrected chi connectivity index (χ2v) is 7.97. The number of rotatable bonds is 5. The van der Waals surface area contributed by atoms with Gasteiger partial charge in [-0.3, -0.25) is 0 Å². The number of aromatic amines is 1. The standard InChI is InChI=1S/C24H27NO4/c1-14-12-15(2)23(19-10-11-25-22(14)19)29-21-9-8-18(28-3)13-20(21)16-4-6-17(7-5-16)24(26)27/h4-7,10-12,18,20-21,25H,8-9,13H2,1-3H3,(H,26,27)/t18-,20+,21+/m1/s1. The molecule has 3 aromatic rings. The maximum absolute atomic E-state index is 11.2. The van der Waals surface area contributed by atoms with Gasteiger partial charge in [-0.25, -0.2) is 4.79 Å². The summed E-state index contributed by atoms with van der Waals surface area (Å²) in [5.74, 6) is 0.166. The van der Waals surface area contributed by atoms with Gasteiger partial charge >= 0.3 is 5.97 Å². The summed E-state index contributed by atoms with van der Waals surface area (Å²) in [6.07, 6.45) is 4.85. The highest BCUT2D eigenvalue weighted by molar-refractivity contribution is 5.90. The number of aryl methyl sites for hydroxylation is 2. The van der Waals surface area contributed by atoms with Crippen molar-refractivity contribution in [3.8, 4) is 5.75 Å². The van der Waals surface area contributed by atoms with Crippen LogP contribution in [0.2, 0.25) is 0 Å². The summed E-state index contributed by atoms with van der Waals surface area (Å²) in [5.41, 5.74) is 4.84. The molecule has 0 bridgehead atoms.